The molecule has 1 amide bonds. The van der Waals surface area contributed by atoms with Gasteiger partial charge in [-0.15, -0.1) is 0 Å². The number of hydrogen-bond donors (Lipinski definition) is 2. The summed E-state index contributed by atoms with van der Waals surface area (Å²) in [7, 11) is -2.10. The quantitative estimate of drug-likeness (QED) is 0.716. The van der Waals surface area contributed by atoms with E-state index < -0.39 is 22.0 Å². The number of rotatable bonds is 6. The lowest BCUT2D eigenvalue weighted by molar-refractivity contribution is -0.148. The fourth-order valence-electron chi connectivity index (χ4n) is 2.49. The molecule has 23 heavy (non-hydrogen) atoms. The fraction of sp³-hybridized carbons (Fsp3) is 0.615. The number of carboxylic acids is 1. The highest BCUT2D eigenvalue weighted by Gasteiger charge is 2.33. The molecule has 2 N–H and O–H groups in total. The van der Waals surface area contributed by atoms with E-state index in [-0.39, 0.29) is 23.9 Å². The molecular formula is C13H20N4O5S. The van der Waals surface area contributed by atoms with Crippen LogP contribution in [0.5, 0.6) is 0 Å². The maximum absolute atomic E-state index is 12.1. The van der Waals surface area contributed by atoms with Gasteiger partial charge in [-0.25, -0.2) is 22.9 Å². The van der Waals surface area contributed by atoms with Crippen LogP contribution in [0, 0.1) is 6.92 Å². The average Bonchev–Trinajstić information content (AvgIpc) is 3.06. The van der Waals surface area contributed by atoms with Crippen LogP contribution in [0.25, 0.3) is 0 Å². The smallest absolute Gasteiger partial charge is 0.326 e. The first-order valence-electron chi connectivity index (χ1n) is 7.24. The molecule has 128 valence electrons. The Morgan fingerprint density at radius 1 is 1.48 bits per heavy atom. The molecule has 0 aromatic carbocycles. The van der Waals surface area contributed by atoms with Crippen molar-refractivity contribution in [1.82, 2.24) is 19.2 Å². The molecule has 9 nitrogen and oxygen atoms in total. The van der Waals surface area contributed by atoms with Crippen LogP contribution in [0.1, 0.15) is 25.1 Å². The topological polar surface area (TPSA) is 122 Å². The summed E-state index contributed by atoms with van der Waals surface area (Å²) >= 11 is 0. The standard InChI is InChI=1S/C13H20N4O5S/c1-9-15-11(8-16(9)2)23(21,22)14-6-5-12(18)17-7-3-4-10(17)13(19)20/h8,10,14H,3-7H2,1-2H3,(H,19,20). The Morgan fingerprint density at radius 2 is 2.17 bits per heavy atom. The third kappa shape index (κ3) is 3.88. The summed E-state index contributed by atoms with van der Waals surface area (Å²) in [5, 5.41) is 8.95. The van der Waals surface area contributed by atoms with Crippen LogP contribution >= 0.6 is 0 Å². The van der Waals surface area contributed by atoms with E-state index in [0.29, 0.717) is 25.2 Å². The number of carbonyl (C=O) groups excluding carboxylic acids is 1. The van der Waals surface area contributed by atoms with Crippen molar-refractivity contribution in [2.24, 2.45) is 7.05 Å². The summed E-state index contributed by atoms with van der Waals surface area (Å²) < 4.78 is 28.0. The molecule has 1 atom stereocenters. The molecule has 1 aromatic rings. The molecule has 1 aromatic heterocycles. The number of aryl methyl sites for hydroxylation is 2. The second-order valence-electron chi connectivity index (χ2n) is 5.47. The summed E-state index contributed by atoms with van der Waals surface area (Å²) in [6.45, 7) is 1.98. The summed E-state index contributed by atoms with van der Waals surface area (Å²) in [4.78, 5) is 28.3. The van der Waals surface area contributed by atoms with Gasteiger partial charge < -0.3 is 14.6 Å². The molecule has 0 aliphatic carbocycles. The van der Waals surface area contributed by atoms with Gasteiger partial charge in [0.1, 0.15) is 11.9 Å². The monoisotopic (exact) mass is 344 g/mol. The Balaban J connectivity index is 1.91. The summed E-state index contributed by atoms with van der Waals surface area (Å²) in [6, 6.07) is -0.808. The number of imidazole rings is 1. The SMILES string of the molecule is Cc1nc(S(=O)(=O)NCCC(=O)N2CCCC2C(=O)O)cn1C. The molecule has 0 bridgehead atoms. The van der Waals surface area contributed by atoms with Crippen molar-refractivity contribution in [3.05, 3.63) is 12.0 Å². The number of nitrogens with one attached hydrogen (secondary N) is 1. The van der Waals surface area contributed by atoms with Gasteiger partial charge in [-0.1, -0.05) is 0 Å². The highest BCUT2D eigenvalue weighted by molar-refractivity contribution is 7.89. The van der Waals surface area contributed by atoms with Crippen molar-refractivity contribution in [2.75, 3.05) is 13.1 Å². The van der Waals surface area contributed by atoms with Crippen LogP contribution in [0.3, 0.4) is 0 Å². The maximum Gasteiger partial charge on any atom is 0.326 e. The summed E-state index contributed by atoms with van der Waals surface area (Å²) in [6.07, 6.45) is 2.37. The maximum atomic E-state index is 12.1. The number of carboxylic acid groups (broad SMARTS) is 1. The van der Waals surface area contributed by atoms with Crippen LogP contribution < -0.4 is 4.72 Å². The Morgan fingerprint density at radius 3 is 2.74 bits per heavy atom. The number of sulfonamides is 1. The van der Waals surface area contributed by atoms with Gasteiger partial charge in [0.2, 0.25) is 5.91 Å². The average molecular weight is 344 g/mol. The van der Waals surface area contributed by atoms with Gasteiger partial charge in [-0.05, 0) is 19.8 Å². The predicted molar refractivity (Wildman–Crippen MR) is 80.1 cm³/mol. The fourth-order valence-corrected chi connectivity index (χ4v) is 3.56. The van der Waals surface area contributed by atoms with Crippen molar-refractivity contribution in [3.8, 4) is 0 Å². The largest absolute Gasteiger partial charge is 0.480 e. The highest BCUT2D eigenvalue weighted by atomic mass is 32.2. The van der Waals surface area contributed by atoms with E-state index in [4.69, 9.17) is 5.11 Å². The van der Waals surface area contributed by atoms with Gasteiger partial charge in [0.05, 0.1) is 0 Å². The first-order chi connectivity index (χ1) is 10.7. The van der Waals surface area contributed by atoms with Crippen LogP contribution in [0.4, 0.5) is 0 Å². The van der Waals surface area contributed by atoms with Crippen LogP contribution in [-0.4, -0.2) is 59.0 Å². The van der Waals surface area contributed by atoms with Gasteiger partial charge in [-0.2, -0.15) is 0 Å². The minimum absolute atomic E-state index is 0.0885. The number of amides is 1. The van der Waals surface area contributed by atoms with E-state index in [1.807, 2.05) is 0 Å². The summed E-state index contributed by atoms with van der Waals surface area (Å²) in [5.41, 5.74) is 0. The normalized spacial score (nSPS) is 18.3. The zero-order valence-corrected chi connectivity index (χ0v) is 13.8. The molecule has 0 saturated carbocycles. The number of hydrogen-bond acceptors (Lipinski definition) is 5. The minimum atomic E-state index is -3.78. The molecule has 10 heteroatoms. The van der Waals surface area contributed by atoms with Crippen molar-refractivity contribution in [3.63, 3.8) is 0 Å². The first-order valence-corrected chi connectivity index (χ1v) is 8.72. The van der Waals surface area contributed by atoms with E-state index in [9.17, 15) is 18.0 Å². The van der Waals surface area contributed by atoms with Crippen LogP contribution in [0.15, 0.2) is 11.2 Å². The van der Waals surface area contributed by atoms with Gasteiger partial charge in [0.15, 0.2) is 5.03 Å². The lowest BCUT2D eigenvalue weighted by Gasteiger charge is -2.21. The molecule has 0 spiro atoms. The zero-order chi connectivity index (χ0) is 17.2. The third-order valence-electron chi connectivity index (χ3n) is 3.85. The Hall–Kier alpha value is -1.94. The van der Waals surface area contributed by atoms with Crippen molar-refractivity contribution in [2.45, 2.75) is 37.3 Å². The molecule has 1 aliphatic rings. The Labute approximate surface area is 134 Å². The number of likely N-dealkylation sites (tertiary alicyclic amines) is 1. The van der Waals surface area contributed by atoms with Gasteiger partial charge in [0.25, 0.3) is 10.0 Å². The van der Waals surface area contributed by atoms with Crippen molar-refractivity contribution >= 4 is 21.9 Å². The van der Waals surface area contributed by atoms with E-state index in [1.165, 1.54) is 11.1 Å². The van der Waals surface area contributed by atoms with E-state index in [2.05, 4.69) is 9.71 Å². The second kappa shape index (κ2) is 6.67. The lowest BCUT2D eigenvalue weighted by atomic mass is 10.2. The zero-order valence-electron chi connectivity index (χ0n) is 13.0. The molecule has 1 saturated heterocycles. The van der Waals surface area contributed by atoms with Gasteiger partial charge in [-0.3, -0.25) is 4.79 Å². The van der Waals surface area contributed by atoms with E-state index in [1.54, 1.807) is 18.5 Å². The Kier molecular flexibility index (Phi) is 5.05. The molecular weight excluding hydrogens is 324 g/mol. The van der Waals surface area contributed by atoms with Crippen LogP contribution in [-0.2, 0) is 26.7 Å². The van der Waals surface area contributed by atoms with Gasteiger partial charge in [0, 0.05) is 32.8 Å². The molecule has 1 aliphatic heterocycles. The van der Waals surface area contributed by atoms with Crippen LogP contribution in [0.2, 0.25) is 0 Å². The Bertz CT molecular complexity index is 692. The lowest BCUT2D eigenvalue weighted by Crippen LogP contribution is -2.41. The molecule has 2 rings (SSSR count). The highest BCUT2D eigenvalue weighted by Crippen LogP contribution is 2.18. The molecule has 0 radical (unpaired) electrons. The molecule has 2 heterocycles. The van der Waals surface area contributed by atoms with Gasteiger partial charge >= 0.3 is 5.97 Å². The van der Waals surface area contributed by atoms with Crippen molar-refractivity contribution in [1.29, 1.82) is 0 Å². The second-order valence-corrected chi connectivity index (χ2v) is 7.18. The molecule has 1 unspecified atom stereocenters. The van der Waals surface area contributed by atoms with E-state index >= 15 is 0 Å². The number of nitrogens with zero attached hydrogens (tertiary/aromatic N) is 3. The van der Waals surface area contributed by atoms with Crippen molar-refractivity contribution < 1.29 is 23.1 Å². The van der Waals surface area contributed by atoms with E-state index in [0.717, 1.165) is 0 Å². The first kappa shape index (κ1) is 17.4. The number of carbonyl (C=O) groups is 2. The third-order valence-corrected chi connectivity index (χ3v) is 5.18. The summed E-state index contributed by atoms with van der Waals surface area (Å²) in [5.74, 6) is -0.835. The minimum Gasteiger partial charge on any atom is -0.480 e. The predicted octanol–water partition coefficient (Wildman–Crippen LogP) is -0.527. The number of aromatic nitrogens is 2. The molecule has 1 fully saturated rings. The number of aliphatic carboxylic acids is 1.